The summed E-state index contributed by atoms with van der Waals surface area (Å²) in [5.74, 6) is 1.17. The number of carbonyl (C=O) groups is 1. The summed E-state index contributed by atoms with van der Waals surface area (Å²) in [5.41, 5.74) is 3.21. The van der Waals surface area contributed by atoms with Crippen LogP contribution in [-0.4, -0.2) is 46.4 Å². The van der Waals surface area contributed by atoms with Gasteiger partial charge in [-0.15, -0.1) is 0 Å². The second kappa shape index (κ2) is 9.48. The van der Waals surface area contributed by atoms with Crippen LogP contribution in [0.2, 0.25) is 0 Å². The average Bonchev–Trinajstić information content (AvgIpc) is 3.24. The predicted molar refractivity (Wildman–Crippen MR) is 153 cm³/mol. The number of amidine groups is 1. The van der Waals surface area contributed by atoms with Gasteiger partial charge in [0.1, 0.15) is 0 Å². The van der Waals surface area contributed by atoms with Crippen molar-refractivity contribution < 1.29 is 19.0 Å². The van der Waals surface area contributed by atoms with E-state index in [0.717, 1.165) is 46.7 Å². The molecule has 2 aliphatic heterocycles. The molecular weight excluding hydrogens is 511 g/mol. The second-order valence-corrected chi connectivity index (χ2v) is 13.7. The summed E-state index contributed by atoms with van der Waals surface area (Å²) < 4.78 is 21.1. The molecule has 1 saturated heterocycles. The Bertz CT molecular complexity index is 1360. The molecule has 204 valence electrons. The van der Waals surface area contributed by atoms with Crippen LogP contribution in [0.4, 0.5) is 4.39 Å². The van der Waals surface area contributed by atoms with Crippen LogP contribution in [0.3, 0.4) is 0 Å². The molecule has 5 fully saturated rings. The third-order valence-corrected chi connectivity index (χ3v) is 10.5. The van der Waals surface area contributed by atoms with Gasteiger partial charge in [-0.2, -0.15) is 4.99 Å². The average molecular weight is 547 g/mol. The third-order valence-electron chi connectivity index (χ3n) is 9.49. The molecule has 6 aliphatic rings. The number of hydrogen-bond acceptors (Lipinski definition) is 5. The van der Waals surface area contributed by atoms with E-state index in [9.17, 15) is 9.90 Å². The van der Waals surface area contributed by atoms with E-state index < -0.39 is 5.82 Å². The molecule has 0 radical (unpaired) electrons. The molecule has 4 bridgehead atoms. The zero-order valence-electron chi connectivity index (χ0n) is 22.5. The highest BCUT2D eigenvalue weighted by atomic mass is 32.2. The van der Waals surface area contributed by atoms with Gasteiger partial charge in [-0.25, -0.2) is 4.39 Å². The Kier molecular flexibility index (Phi) is 6.16. The Morgan fingerprint density at radius 2 is 1.69 bits per heavy atom. The Labute approximate surface area is 233 Å². The number of nitrogens with zero attached hydrogens (tertiary/aromatic N) is 2. The van der Waals surface area contributed by atoms with Crippen LogP contribution in [0.15, 0.2) is 46.3 Å². The molecule has 2 heterocycles. The number of amides is 1. The normalized spacial score (nSPS) is 34.7. The van der Waals surface area contributed by atoms with Crippen molar-refractivity contribution in [2.75, 3.05) is 13.1 Å². The van der Waals surface area contributed by atoms with Gasteiger partial charge < -0.3 is 14.7 Å². The summed E-state index contributed by atoms with van der Waals surface area (Å²) in [6.07, 6.45) is 9.12. The first-order valence-corrected chi connectivity index (χ1v) is 15.1. The predicted octanol–water partition coefficient (Wildman–Crippen LogP) is 6.75. The smallest absolute Gasteiger partial charge is 0.286 e. The van der Waals surface area contributed by atoms with Crippen molar-refractivity contribution in [2.24, 2.45) is 22.7 Å². The summed E-state index contributed by atoms with van der Waals surface area (Å²) in [7, 11) is 0. The maximum absolute atomic E-state index is 15.2. The SMILES string of the molecule is C[C@@H]1CN(C2=NC(=O)/C(=C\c3cccc(-c4cc(F)c(O)c(C56CC7CC(CC(C7)C5)C6)c4)c3)S2)C[C@@H](C)O1. The lowest BCUT2D eigenvalue weighted by atomic mass is 9.48. The first-order valence-electron chi connectivity index (χ1n) is 14.3. The largest absolute Gasteiger partial charge is 0.505 e. The molecular formula is C32H35FN2O3S. The summed E-state index contributed by atoms with van der Waals surface area (Å²) in [6.45, 7) is 5.50. The summed E-state index contributed by atoms with van der Waals surface area (Å²) in [4.78, 5) is 19.8. The van der Waals surface area contributed by atoms with Gasteiger partial charge in [0.05, 0.1) is 17.1 Å². The van der Waals surface area contributed by atoms with Crippen molar-refractivity contribution in [2.45, 2.75) is 70.0 Å². The summed E-state index contributed by atoms with van der Waals surface area (Å²) >= 11 is 1.40. The fourth-order valence-corrected chi connectivity index (χ4v) is 9.37. The first-order chi connectivity index (χ1) is 18.7. The number of aliphatic imine (C=N–C) groups is 1. The van der Waals surface area contributed by atoms with E-state index in [2.05, 4.69) is 9.89 Å². The topological polar surface area (TPSA) is 62.1 Å². The van der Waals surface area contributed by atoms with Crippen molar-refractivity contribution in [3.05, 3.63) is 58.2 Å². The van der Waals surface area contributed by atoms with Gasteiger partial charge in [-0.05, 0) is 128 Å². The van der Waals surface area contributed by atoms with E-state index in [1.807, 2.05) is 50.3 Å². The van der Waals surface area contributed by atoms with Crippen LogP contribution < -0.4 is 0 Å². The van der Waals surface area contributed by atoms with Crippen molar-refractivity contribution in [3.63, 3.8) is 0 Å². The molecule has 2 atom stereocenters. The molecule has 0 aromatic heterocycles. The number of rotatable bonds is 3. The number of phenols is 1. The highest BCUT2D eigenvalue weighted by molar-refractivity contribution is 8.18. The molecule has 7 heteroatoms. The number of phenolic OH excluding ortho intramolecular Hbond substituents is 1. The monoisotopic (exact) mass is 546 g/mol. The van der Waals surface area contributed by atoms with Crippen LogP contribution >= 0.6 is 11.8 Å². The minimum atomic E-state index is -0.546. The zero-order chi connectivity index (χ0) is 26.9. The molecule has 4 saturated carbocycles. The lowest BCUT2D eigenvalue weighted by molar-refractivity contribution is -0.113. The number of ether oxygens (including phenoxy) is 1. The number of halogens is 1. The standard InChI is InChI=1S/C32H35FN2O3S/c1-18-16-35(17-19(2)38-18)31-34-30(37)28(39-31)10-20-4-3-5-24(9-20)25-11-26(29(36)27(33)12-25)32-13-21-6-22(14-32)8-23(7-21)15-32/h3-5,9-12,18-19,21-23,36H,6-8,13-17H2,1-2H3/b28-10+/t18-,19-,21?,22?,23?,32?/m1/s1. The van der Waals surface area contributed by atoms with Crippen molar-refractivity contribution >= 4 is 28.9 Å². The van der Waals surface area contributed by atoms with Crippen molar-refractivity contribution in [1.29, 1.82) is 0 Å². The maximum Gasteiger partial charge on any atom is 0.286 e. The number of aromatic hydroxyl groups is 1. The number of hydrogen-bond donors (Lipinski definition) is 1. The lowest BCUT2D eigenvalue weighted by Gasteiger charge is -2.57. The summed E-state index contributed by atoms with van der Waals surface area (Å²) in [5, 5.41) is 11.6. The lowest BCUT2D eigenvalue weighted by Crippen LogP contribution is -2.48. The molecule has 1 amide bonds. The van der Waals surface area contributed by atoms with E-state index in [1.54, 1.807) is 0 Å². The van der Waals surface area contributed by atoms with Gasteiger partial charge in [-0.1, -0.05) is 18.2 Å². The highest BCUT2D eigenvalue weighted by Crippen LogP contribution is 2.62. The van der Waals surface area contributed by atoms with Crippen LogP contribution in [0.25, 0.3) is 17.2 Å². The van der Waals surface area contributed by atoms with E-state index in [1.165, 1.54) is 37.1 Å². The van der Waals surface area contributed by atoms with Crippen LogP contribution in [0.1, 0.15) is 63.5 Å². The Morgan fingerprint density at radius 1 is 1.03 bits per heavy atom. The molecule has 2 aromatic rings. The van der Waals surface area contributed by atoms with Gasteiger partial charge in [0.15, 0.2) is 16.7 Å². The second-order valence-electron chi connectivity index (χ2n) is 12.7. The molecule has 0 spiro atoms. The van der Waals surface area contributed by atoms with Gasteiger partial charge in [0.2, 0.25) is 0 Å². The summed E-state index contributed by atoms with van der Waals surface area (Å²) in [6, 6.07) is 11.3. The quantitative estimate of drug-likeness (QED) is 0.432. The van der Waals surface area contributed by atoms with E-state index >= 15 is 4.39 Å². The van der Waals surface area contributed by atoms with E-state index in [4.69, 9.17) is 4.74 Å². The van der Waals surface area contributed by atoms with Crippen LogP contribution in [0, 0.1) is 23.6 Å². The van der Waals surface area contributed by atoms with E-state index in [0.29, 0.717) is 35.7 Å². The minimum Gasteiger partial charge on any atom is -0.505 e. The van der Waals surface area contributed by atoms with Gasteiger partial charge in [0.25, 0.3) is 5.91 Å². The number of morpholine rings is 1. The third kappa shape index (κ3) is 4.61. The maximum atomic E-state index is 15.2. The highest BCUT2D eigenvalue weighted by Gasteiger charge is 2.52. The number of benzene rings is 2. The van der Waals surface area contributed by atoms with Crippen molar-refractivity contribution in [3.8, 4) is 16.9 Å². The van der Waals surface area contributed by atoms with E-state index in [-0.39, 0.29) is 29.3 Å². The minimum absolute atomic E-state index is 0.0888. The van der Waals surface area contributed by atoms with Gasteiger partial charge in [0, 0.05) is 18.7 Å². The molecule has 5 nitrogen and oxygen atoms in total. The fourth-order valence-electron chi connectivity index (χ4n) is 8.44. The van der Waals surface area contributed by atoms with Crippen molar-refractivity contribution in [1.82, 2.24) is 4.90 Å². The molecule has 1 N–H and O–H groups in total. The Hall–Kier alpha value is -2.64. The first kappa shape index (κ1) is 25.3. The molecule has 39 heavy (non-hydrogen) atoms. The molecule has 0 unspecified atom stereocenters. The van der Waals surface area contributed by atoms with Gasteiger partial charge in [-0.3, -0.25) is 4.79 Å². The fraction of sp³-hybridized carbons (Fsp3) is 0.500. The van der Waals surface area contributed by atoms with Gasteiger partial charge >= 0.3 is 0 Å². The van der Waals surface area contributed by atoms with Crippen LogP contribution in [0.5, 0.6) is 5.75 Å². The molecule has 4 aliphatic carbocycles. The molecule has 8 rings (SSSR count). The Balaban J connectivity index is 1.17. The molecule has 2 aromatic carbocycles. The zero-order valence-corrected chi connectivity index (χ0v) is 23.3. The number of carbonyl (C=O) groups excluding carboxylic acids is 1. The number of thioether (sulfide) groups is 1. The Morgan fingerprint density at radius 3 is 2.36 bits per heavy atom. The van der Waals surface area contributed by atoms with Crippen LogP contribution in [-0.2, 0) is 14.9 Å².